The molecule has 0 radical (unpaired) electrons. The molecule has 1 aliphatic heterocycles. The molecule has 1 fully saturated rings. The Morgan fingerprint density at radius 3 is 2.52 bits per heavy atom. The summed E-state index contributed by atoms with van der Waals surface area (Å²) in [5.74, 6) is 1.60. The SMILES string of the molecule is CCc1cc(CCN2CCNCC2)cc(C(C)C)c1OC. The van der Waals surface area contributed by atoms with Gasteiger partial charge in [-0.15, -0.1) is 0 Å². The summed E-state index contributed by atoms with van der Waals surface area (Å²) in [5, 5.41) is 3.41. The Labute approximate surface area is 129 Å². The first-order valence-corrected chi connectivity index (χ1v) is 8.28. The molecule has 0 amide bonds. The second-order valence-electron chi connectivity index (χ2n) is 6.23. The molecule has 0 saturated carbocycles. The molecule has 3 heteroatoms. The molecular weight excluding hydrogens is 260 g/mol. The highest BCUT2D eigenvalue weighted by Gasteiger charge is 2.14. The van der Waals surface area contributed by atoms with Crippen LogP contribution in [0.2, 0.25) is 0 Å². The molecule has 1 N–H and O–H groups in total. The lowest BCUT2D eigenvalue weighted by atomic mass is 9.94. The van der Waals surface area contributed by atoms with E-state index in [9.17, 15) is 0 Å². The van der Waals surface area contributed by atoms with Crippen LogP contribution in [-0.4, -0.2) is 44.7 Å². The number of methoxy groups -OCH3 is 1. The Kier molecular flexibility index (Phi) is 6.07. The van der Waals surface area contributed by atoms with E-state index >= 15 is 0 Å². The zero-order valence-electron chi connectivity index (χ0n) is 14.0. The molecule has 118 valence electrons. The zero-order valence-corrected chi connectivity index (χ0v) is 14.0. The summed E-state index contributed by atoms with van der Waals surface area (Å²) in [6.45, 7) is 12.5. The second kappa shape index (κ2) is 7.81. The first kappa shape index (κ1) is 16.3. The Morgan fingerprint density at radius 2 is 1.95 bits per heavy atom. The number of piperazine rings is 1. The van der Waals surface area contributed by atoms with Crippen LogP contribution in [-0.2, 0) is 12.8 Å². The van der Waals surface area contributed by atoms with Crippen molar-refractivity contribution >= 4 is 0 Å². The third-order valence-corrected chi connectivity index (χ3v) is 4.39. The smallest absolute Gasteiger partial charge is 0.125 e. The maximum Gasteiger partial charge on any atom is 0.125 e. The van der Waals surface area contributed by atoms with Gasteiger partial charge in [0.1, 0.15) is 5.75 Å². The second-order valence-corrected chi connectivity index (χ2v) is 6.23. The number of hydrogen-bond donors (Lipinski definition) is 1. The molecule has 1 aromatic carbocycles. The van der Waals surface area contributed by atoms with Crippen LogP contribution in [0, 0.1) is 0 Å². The van der Waals surface area contributed by atoms with Gasteiger partial charge < -0.3 is 15.0 Å². The number of rotatable bonds is 6. The molecule has 0 aromatic heterocycles. The molecule has 1 aliphatic rings. The predicted octanol–water partition coefficient (Wildman–Crippen LogP) is 2.83. The third-order valence-electron chi connectivity index (χ3n) is 4.39. The largest absolute Gasteiger partial charge is 0.496 e. The molecule has 0 spiro atoms. The molecule has 3 nitrogen and oxygen atoms in total. The average molecular weight is 290 g/mol. The quantitative estimate of drug-likeness (QED) is 0.872. The van der Waals surface area contributed by atoms with Gasteiger partial charge in [-0.25, -0.2) is 0 Å². The lowest BCUT2D eigenvalue weighted by Gasteiger charge is -2.27. The highest BCUT2D eigenvalue weighted by molar-refractivity contribution is 5.46. The van der Waals surface area contributed by atoms with Crippen LogP contribution in [0.15, 0.2) is 12.1 Å². The van der Waals surface area contributed by atoms with Crippen molar-refractivity contribution in [2.24, 2.45) is 0 Å². The minimum Gasteiger partial charge on any atom is -0.496 e. The maximum atomic E-state index is 5.66. The third kappa shape index (κ3) is 4.21. The first-order chi connectivity index (χ1) is 10.2. The van der Waals surface area contributed by atoms with Crippen molar-refractivity contribution in [1.29, 1.82) is 0 Å². The van der Waals surface area contributed by atoms with Gasteiger partial charge in [-0.2, -0.15) is 0 Å². The standard InChI is InChI=1S/C18H30N2O/c1-5-16-12-15(6-9-20-10-7-19-8-11-20)13-17(14(2)3)18(16)21-4/h12-14,19H,5-11H2,1-4H3. The number of aryl methyl sites for hydroxylation is 1. The summed E-state index contributed by atoms with van der Waals surface area (Å²) in [6, 6.07) is 4.69. The molecule has 1 saturated heterocycles. The van der Waals surface area contributed by atoms with Crippen molar-refractivity contribution in [2.75, 3.05) is 39.8 Å². The Balaban J connectivity index is 2.13. The van der Waals surface area contributed by atoms with Crippen LogP contribution >= 0.6 is 0 Å². The molecular formula is C18H30N2O. The molecule has 1 heterocycles. The van der Waals surface area contributed by atoms with Crippen molar-refractivity contribution in [1.82, 2.24) is 10.2 Å². The van der Waals surface area contributed by atoms with Crippen LogP contribution < -0.4 is 10.1 Å². The number of ether oxygens (including phenoxy) is 1. The molecule has 0 atom stereocenters. The number of nitrogens with zero attached hydrogens (tertiary/aromatic N) is 1. The van der Waals surface area contributed by atoms with E-state index in [4.69, 9.17) is 4.74 Å². The molecule has 0 aliphatic carbocycles. The van der Waals surface area contributed by atoms with Crippen molar-refractivity contribution < 1.29 is 4.74 Å². The molecule has 0 unspecified atom stereocenters. The first-order valence-electron chi connectivity index (χ1n) is 8.28. The lowest BCUT2D eigenvalue weighted by Crippen LogP contribution is -2.44. The Hall–Kier alpha value is -1.06. The monoisotopic (exact) mass is 290 g/mol. The van der Waals surface area contributed by atoms with Crippen molar-refractivity contribution in [3.63, 3.8) is 0 Å². The molecule has 1 aromatic rings. The van der Waals surface area contributed by atoms with Gasteiger partial charge in [0.05, 0.1) is 7.11 Å². The van der Waals surface area contributed by atoms with Crippen LogP contribution in [0.3, 0.4) is 0 Å². The van der Waals surface area contributed by atoms with Gasteiger partial charge in [0.25, 0.3) is 0 Å². The predicted molar refractivity (Wildman–Crippen MR) is 89.5 cm³/mol. The van der Waals surface area contributed by atoms with Crippen molar-refractivity contribution in [3.05, 3.63) is 28.8 Å². The maximum absolute atomic E-state index is 5.66. The van der Waals surface area contributed by atoms with Gasteiger partial charge in [-0.05, 0) is 35.4 Å². The van der Waals surface area contributed by atoms with Gasteiger partial charge in [0.2, 0.25) is 0 Å². The van der Waals surface area contributed by atoms with Gasteiger partial charge in [-0.1, -0.05) is 32.9 Å². The summed E-state index contributed by atoms with van der Waals surface area (Å²) in [7, 11) is 1.79. The van der Waals surface area contributed by atoms with E-state index in [1.807, 2.05) is 0 Å². The summed E-state index contributed by atoms with van der Waals surface area (Å²) in [5.41, 5.74) is 4.15. The van der Waals surface area contributed by atoms with E-state index in [1.165, 1.54) is 29.8 Å². The summed E-state index contributed by atoms with van der Waals surface area (Å²) in [6.07, 6.45) is 2.17. The Bertz CT molecular complexity index is 451. The minimum absolute atomic E-state index is 0.504. The summed E-state index contributed by atoms with van der Waals surface area (Å²) >= 11 is 0. The van der Waals surface area contributed by atoms with Crippen molar-refractivity contribution in [3.8, 4) is 5.75 Å². The highest BCUT2D eigenvalue weighted by Crippen LogP contribution is 2.32. The normalized spacial score (nSPS) is 16.4. The van der Waals surface area contributed by atoms with E-state index in [0.717, 1.165) is 38.2 Å². The van der Waals surface area contributed by atoms with Crippen LogP contribution in [0.25, 0.3) is 0 Å². The number of hydrogen-bond acceptors (Lipinski definition) is 3. The number of benzene rings is 1. The van der Waals surface area contributed by atoms with Crippen LogP contribution in [0.5, 0.6) is 5.75 Å². The van der Waals surface area contributed by atoms with Gasteiger partial charge >= 0.3 is 0 Å². The summed E-state index contributed by atoms with van der Waals surface area (Å²) < 4.78 is 5.66. The van der Waals surface area contributed by atoms with Gasteiger partial charge in [0, 0.05) is 32.7 Å². The number of nitrogens with one attached hydrogen (secondary N) is 1. The van der Waals surface area contributed by atoms with Gasteiger partial charge in [-0.3, -0.25) is 0 Å². The van der Waals surface area contributed by atoms with E-state index < -0.39 is 0 Å². The minimum atomic E-state index is 0.504. The van der Waals surface area contributed by atoms with E-state index in [2.05, 4.69) is 43.1 Å². The average Bonchev–Trinajstić information content (AvgIpc) is 2.52. The fourth-order valence-corrected chi connectivity index (χ4v) is 3.09. The lowest BCUT2D eigenvalue weighted by molar-refractivity contribution is 0.244. The van der Waals surface area contributed by atoms with Gasteiger partial charge in [0.15, 0.2) is 0 Å². The zero-order chi connectivity index (χ0) is 15.2. The summed E-state index contributed by atoms with van der Waals surface area (Å²) in [4.78, 5) is 2.56. The van der Waals surface area contributed by atoms with E-state index in [-0.39, 0.29) is 0 Å². The van der Waals surface area contributed by atoms with Crippen LogP contribution in [0.1, 0.15) is 43.4 Å². The van der Waals surface area contributed by atoms with E-state index in [1.54, 1.807) is 7.11 Å². The molecule has 21 heavy (non-hydrogen) atoms. The fraction of sp³-hybridized carbons (Fsp3) is 0.667. The Morgan fingerprint density at radius 1 is 1.24 bits per heavy atom. The van der Waals surface area contributed by atoms with Crippen LogP contribution in [0.4, 0.5) is 0 Å². The molecule has 2 rings (SSSR count). The molecule has 0 bridgehead atoms. The fourth-order valence-electron chi connectivity index (χ4n) is 3.09. The highest BCUT2D eigenvalue weighted by atomic mass is 16.5. The topological polar surface area (TPSA) is 24.5 Å². The van der Waals surface area contributed by atoms with Crippen molar-refractivity contribution in [2.45, 2.75) is 39.5 Å². The van der Waals surface area contributed by atoms with E-state index in [0.29, 0.717) is 5.92 Å².